The molecule has 0 aliphatic heterocycles. The molecule has 16 heavy (non-hydrogen) atoms. The quantitative estimate of drug-likeness (QED) is 0.827. The summed E-state index contributed by atoms with van der Waals surface area (Å²) in [6, 6.07) is 5.79. The van der Waals surface area contributed by atoms with Crippen molar-refractivity contribution in [1.29, 1.82) is 0 Å². The van der Waals surface area contributed by atoms with Crippen molar-refractivity contribution in [2.75, 3.05) is 33.8 Å². The van der Waals surface area contributed by atoms with Crippen molar-refractivity contribution >= 4 is 11.6 Å². The third kappa shape index (κ3) is 4.00. The Hall–Kier alpha value is -0.770. The van der Waals surface area contributed by atoms with Crippen LogP contribution in [0.2, 0.25) is 5.02 Å². The SMILES string of the molecule is COc1ccc(CCN(C)CCN)c(Cl)c1. The number of nitrogens with two attached hydrogens (primary N) is 1. The summed E-state index contributed by atoms with van der Waals surface area (Å²) in [6.07, 6.45) is 0.930. The molecule has 2 N–H and O–H groups in total. The second-order valence-electron chi connectivity index (χ2n) is 3.80. The zero-order valence-electron chi connectivity index (χ0n) is 9.87. The number of ether oxygens (including phenoxy) is 1. The Morgan fingerprint density at radius 3 is 2.69 bits per heavy atom. The number of halogens is 1. The Morgan fingerprint density at radius 2 is 2.12 bits per heavy atom. The maximum absolute atomic E-state index is 6.15. The highest BCUT2D eigenvalue weighted by molar-refractivity contribution is 6.31. The molecule has 90 valence electrons. The van der Waals surface area contributed by atoms with Gasteiger partial charge in [-0.1, -0.05) is 17.7 Å². The highest BCUT2D eigenvalue weighted by Gasteiger charge is 2.04. The van der Waals surface area contributed by atoms with E-state index in [9.17, 15) is 0 Å². The van der Waals surface area contributed by atoms with Gasteiger partial charge >= 0.3 is 0 Å². The van der Waals surface area contributed by atoms with E-state index in [1.54, 1.807) is 7.11 Å². The van der Waals surface area contributed by atoms with Crippen molar-refractivity contribution in [3.8, 4) is 5.75 Å². The van der Waals surface area contributed by atoms with Crippen LogP contribution in [0.1, 0.15) is 5.56 Å². The van der Waals surface area contributed by atoms with Crippen molar-refractivity contribution in [2.45, 2.75) is 6.42 Å². The summed E-state index contributed by atoms with van der Waals surface area (Å²) in [5, 5.41) is 0.764. The number of hydrogen-bond donors (Lipinski definition) is 1. The molecule has 0 unspecified atom stereocenters. The maximum atomic E-state index is 6.15. The summed E-state index contributed by atoms with van der Waals surface area (Å²) >= 11 is 6.15. The van der Waals surface area contributed by atoms with Gasteiger partial charge in [-0.3, -0.25) is 0 Å². The van der Waals surface area contributed by atoms with E-state index in [0.29, 0.717) is 6.54 Å². The van der Waals surface area contributed by atoms with Gasteiger partial charge in [0.15, 0.2) is 0 Å². The van der Waals surface area contributed by atoms with Crippen LogP contribution in [0.4, 0.5) is 0 Å². The van der Waals surface area contributed by atoms with Crippen LogP contribution in [-0.4, -0.2) is 38.7 Å². The molecule has 0 aromatic heterocycles. The fourth-order valence-corrected chi connectivity index (χ4v) is 1.77. The molecule has 0 heterocycles. The summed E-state index contributed by atoms with van der Waals surface area (Å²) < 4.78 is 5.10. The minimum absolute atomic E-state index is 0.687. The predicted octanol–water partition coefficient (Wildman–Crippen LogP) is 1.78. The van der Waals surface area contributed by atoms with E-state index in [1.165, 1.54) is 0 Å². The molecule has 0 saturated carbocycles. The molecule has 0 spiro atoms. The van der Waals surface area contributed by atoms with Gasteiger partial charge in [-0.05, 0) is 31.2 Å². The first-order valence-corrected chi connectivity index (χ1v) is 5.76. The monoisotopic (exact) mass is 242 g/mol. The first-order chi connectivity index (χ1) is 7.67. The largest absolute Gasteiger partial charge is 0.497 e. The molecule has 3 nitrogen and oxygen atoms in total. The second kappa shape index (κ2) is 6.74. The summed E-state index contributed by atoms with van der Waals surface area (Å²) in [6.45, 7) is 2.56. The van der Waals surface area contributed by atoms with Crippen molar-refractivity contribution in [1.82, 2.24) is 4.90 Å². The number of rotatable bonds is 6. The predicted molar refractivity (Wildman–Crippen MR) is 68.3 cm³/mol. The first kappa shape index (κ1) is 13.3. The highest BCUT2D eigenvalue weighted by Crippen LogP contribution is 2.22. The Kier molecular flexibility index (Phi) is 5.60. The molecule has 0 bridgehead atoms. The lowest BCUT2D eigenvalue weighted by atomic mass is 10.1. The lowest BCUT2D eigenvalue weighted by Gasteiger charge is -2.15. The van der Waals surface area contributed by atoms with Gasteiger partial charge in [0, 0.05) is 24.7 Å². The van der Waals surface area contributed by atoms with E-state index in [-0.39, 0.29) is 0 Å². The van der Waals surface area contributed by atoms with Gasteiger partial charge in [0.1, 0.15) is 5.75 Å². The van der Waals surface area contributed by atoms with E-state index in [4.69, 9.17) is 22.1 Å². The van der Waals surface area contributed by atoms with E-state index in [1.807, 2.05) is 18.2 Å². The minimum atomic E-state index is 0.687. The van der Waals surface area contributed by atoms with Crippen molar-refractivity contribution in [3.63, 3.8) is 0 Å². The van der Waals surface area contributed by atoms with Crippen molar-refractivity contribution in [2.24, 2.45) is 5.73 Å². The van der Waals surface area contributed by atoms with Gasteiger partial charge in [0.2, 0.25) is 0 Å². The molecule has 1 aromatic carbocycles. The Bertz CT molecular complexity index is 331. The molecular weight excluding hydrogens is 224 g/mol. The van der Waals surface area contributed by atoms with Gasteiger partial charge in [-0.25, -0.2) is 0 Å². The summed E-state index contributed by atoms with van der Waals surface area (Å²) in [4.78, 5) is 2.20. The average molecular weight is 243 g/mol. The van der Waals surface area contributed by atoms with Crippen LogP contribution in [0.25, 0.3) is 0 Å². The lowest BCUT2D eigenvalue weighted by molar-refractivity contribution is 0.348. The van der Waals surface area contributed by atoms with Gasteiger partial charge in [0.25, 0.3) is 0 Å². The molecule has 0 radical (unpaired) electrons. The third-order valence-electron chi connectivity index (χ3n) is 2.53. The third-order valence-corrected chi connectivity index (χ3v) is 2.89. The fraction of sp³-hybridized carbons (Fsp3) is 0.500. The number of likely N-dealkylation sites (N-methyl/N-ethyl adjacent to an activating group) is 1. The fourth-order valence-electron chi connectivity index (χ4n) is 1.50. The van der Waals surface area contributed by atoms with Crippen molar-refractivity contribution in [3.05, 3.63) is 28.8 Å². The Morgan fingerprint density at radius 1 is 1.38 bits per heavy atom. The van der Waals surface area contributed by atoms with Crippen LogP contribution in [0.15, 0.2) is 18.2 Å². The molecule has 1 rings (SSSR count). The molecule has 0 fully saturated rings. The lowest BCUT2D eigenvalue weighted by Crippen LogP contribution is -2.27. The summed E-state index contributed by atoms with van der Waals surface area (Å²) in [5.41, 5.74) is 6.63. The number of methoxy groups -OCH3 is 1. The van der Waals surface area contributed by atoms with Crippen LogP contribution < -0.4 is 10.5 Å². The number of hydrogen-bond acceptors (Lipinski definition) is 3. The average Bonchev–Trinajstić information content (AvgIpc) is 2.27. The molecule has 0 atom stereocenters. The minimum Gasteiger partial charge on any atom is -0.497 e. The summed E-state index contributed by atoms with van der Waals surface area (Å²) in [5.74, 6) is 0.795. The standard InChI is InChI=1S/C12H19ClN2O/c1-15(8-6-14)7-5-10-3-4-11(16-2)9-12(10)13/h3-4,9H,5-8,14H2,1-2H3. The van der Waals surface area contributed by atoms with Crippen molar-refractivity contribution < 1.29 is 4.74 Å². The smallest absolute Gasteiger partial charge is 0.120 e. The summed E-state index contributed by atoms with van der Waals surface area (Å²) in [7, 11) is 3.70. The topological polar surface area (TPSA) is 38.5 Å². The van der Waals surface area contributed by atoms with Crippen LogP contribution in [0.3, 0.4) is 0 Å². The zero-order valence-corrected chi connectivity index (χ0v) is 10.6. The molecule has 4 heteroatoms. The Labute approximate surface area is 102 Å². The van der Waals surface area contributed by atoms with Crippen LogP contribution in [0, 0.1) is 0 Å². The highest BCUT2D eigenvalue weighted by atomic mass is 35.5. The van der Waals surface area contributed by atoms with Gasteiger partial charge < -0.3 is 15.4 Å². The van der Waals surface area contributed by atoms with Gasteiger partial charge in [0.05, 0.1) is 7.11 Å². The number of nitrogens with zero attached hydrogens (tertiary/aromatic N) is 1. The molecule has 0 aliphatic rings. The van der Waals surface area contributed by atoms with Gasteiger partial charge in [-0.2, -0.15) is 0 Å². The Balaban J connectivity index is 2.54. The van der Waals surface area contributed by atoms with E-state index in [2.05, 4.69) is 11.9 Å². The zero-order chi connectivity index (χ0) is 12.0. The van der Waals surface area contributed by atoms with E-state index >= 15 is 0 Å². The van der Waals surface area contributed by atoms with Crippen LogP contribution in [0.5, 0.6) is 5.75 Å². The maximum Gasteiger partial charge on any atom is 0.120 e. The first-order valence-electron chi connectivity index (χ1n) is 5.38. The normalized spacial score (nSPS) is 10.8. The molecule has 1 aromatic rings. The van der Waals surface area contributed by atoms with Crippen LogP contribution in [-0.2, 0) is 6.42 Å². The second-order valence-corrected chi connectivity index (χ2v) is 4.21. The molecule has 0 saturated heterocycles. The molecular formula is C12H19ClN2O. The van der Waals surface area contributed by atoms with E-state index in [0.717, 1.165) is 35.8 Å². The van der Waals surface area contributed by atoms with E-state index < -0.39 is 0 Å². The van der Waals surface area contributed by atoms with Gasteiger partial charge in [-0.15, -0.1) is 0 Å². The van der Waals surface area contributed by atoms with Crippen LogP contribution >= 0.6 is 11.6 Å². The molecule has 0 amide bonds. The molecule has 0 aliphatic carbocycles. The number of benzene rings is 1.